The molecule has 1 aromatic carbocycles. The number of ketones is 1. The summed E-state index contributed by atoms with van der Waals surface area (Å²) in [5.41, 5.74) is 0.100. The van der Waals surface area contributed by atoms with Crippen LogP contribution in [0, 0.1) is 5.82 Å². The van der Waals surface area contributed by atoms with Gasteiger partial charge in [0.2, 0.25) is 0 Å². The topological polar surface area (TPSA) is 44.0 Å². The summed E-state index contributed by atoms with van der Waals surface area (Å²) in [6, 6.07) is 6.14. The Bertz CT molecular complexity index is 628. The number of rotatable bonds is 4. The number of carbonyl (C=O) groups excluding carboxylic acids is 1. The van der Waals surface area contributed by atoms with Gasteiger partial charge in [-0.1, -0.05) is 18.2 Å². The van der Waals surface area contributed by atoms with Crippen LogP contribution in [0.1, 0.15) is 5.56 Å². The first-order chi connectivity index (χ1) is 8.58. The molecular weight excluding hydrogens is 235 g/mol. The molecule has 1 heterocycles. The fourth-order valence-electron chi connectivity index (χ4n) is 1.73. The molecule has 0 bridgehead atoms. The lowest BCUT2D eigenvalue weighted by Crippen LogP contribution is -2.25. The highest BCUT2D eigenvalue weighted by molar-refractivity contribution is 5.80. The molecule has 0 aliphatic carbocycles. The van der Waals surface area contributed by atoms with E-state index in [1.807, 2.05) is 0 Å². The lowest BCUT2D eigenvalue weighted by Gasteiger charge is -2.03. The number of aromatic nitrogens is 2. The Labute approximate surface area is 103 Å². The van der Waals surface area contributed by atoms with Crippen LogP contribution in [0.2, 0.25) is 0 Å². The average molecular weight is 248 g/mol. The second-order valence-electron chi connectivity index (χ2n) is 4.13. The first kappa shape index (κ1) is 12.3. The maximum Gasteiger partial charge on any atom is 0.328 e. The maximum atomic E-state index is 13.3. The average Bonchev–Trinajstić information content (AvgIpc) is 2.64. The minimum absolute atomic E-state index is 0.00594. The van der Waals surface area contributed by atoms with E-state index < -0.39 is 5.82 Å². The van der Waals surface area contributed by atoms with Crippen LogP contribution in [0.25, 0.3) is 0 Å². The van der Waals surface area contributed by atoms with E-state index in [-0.39, 0.29) is 24.4 Å². The van der Waals surface area contributed by atoms with Gasteiger partial charge in [-0.05, 0) is 11.6 Å². The van der Waals surface area contributed by atoms with Crippen LogP contribution in [0.3, 0.4) is 0 Å². The Balaban J connectivity index is 2.08. The van der Waals surface area contributed by atoms with Crippen LogP contribution in [0.5, 0.6) is 0 Å². The molecular formula is C13H13FN2O2. The first-order valence-corrected chi connectivity index (χ1v) is 5.55. The molecule has 0 unspecified atom stereocenters. The van der Waals surface area contributed by atoms with Gasteiger partial charge in [0.15, 0.2) is 5.78 Å². The van der Waals surface area contributed by atoms with Crippen LogP contribution in [0.4, 0.5) is 4.39 Å². The number of aryl methyl sites for hydroxylation is 1. The Kier molecular flexibility index (Phi) is 3.41. The number of benzene rings is 1. The largest absolute Gasteiger partial charge is 0.328 e. The minimum atomic E-state index is -0.397. The van der Waals surface area contributed by atoms with Crippen molar-refractivity contribution in [2.75, 3.05) is 0 Å². The molecule has 0 amide bonds. The summed E-state index contributed by atoms with van der Waals surface area (Å²) in [5, 5.41) is 0. The van der Waals surface area contributed by atoms with E-state index in [4.69, 9.17) is 0 Å². The monoisotopic (exact) mass is 248 g/mol. The van der Waals surface area contributed by atoms with Crippen molar-refractivity contribution >= 4 is 5.78 Å². The molecule has 0 aliphatic heterocycles. The minimum Gasteiger partial charge on any atom is -0.302 e. The molecule has 0 atom stereocenters. The van der Waals surface area contributed by atoms with E-state index in [1.54, 1.807) is 37.6 Å². The van der Waals surface area contributed by atoms with Crippen molar-refractivity contribution in [1.29, 1.82) is 0 Å². The summed E-state index contributed by atoms with van der Waals surface area (Å²) in [4.78, 5) is 23.3. The van der Waals surface area contributed by atoms with Gasteiger partial charge in [0.25, 0.3) is 0 Å². The van der Waals surface area contributed by atoms with Crippen LogP contribution in [-0.2, 0) is 24.8 Å². The Morgan fingerprint density at radius 3 is 2.61 bits per heavy atom. The van der Waals surface area contributed by atoms with Gasteiger partial charge < -0.3 is 4.57 Å². The second-order valence-corrected chi connectivity index (χ2v) is 4.13. The first-order valence-electron chi connectivity index (χ1n) is 5.55. The number of hydrogen-bond donors (Lipinski definition) is 0. The fraction of sp³-hybridized carbons (Fsp3) is 0.231. The second kappa shape index (κ2) is 5.00. The van der Waals surface area contributed by atoms with Crippen LogP contribution in [0.15, 0.2) is 41.5 Å². The highest BCUT2D eigenvalue weighted by atomic mass is 19.1. The van der Waals surface area contributed by atoms with Crippen molar-refractivity contribution in [2.24, 2.45) is 7.05 Å². The standard InChI is InChI=1S/C13H13FN2O2/c1-15-6-7-16(13(15)18)9-11(17)8-10-4-2-3-5-12(10)14/h2-7H,8-9H2,1H3. The van der Waals surface area contributed by atoms with E-state index in [0.29, 0.717) is 5.56 Å². The van der Waals surface area contributed by atoms with E-state index in [0.717, 1.165) is 0 Å². The van der Waals surface area contributed by atoms with Crippen molar-refractivity contribution in [3.05, 3.63) is 58.5 Å². The van der Waals surface area contributed by atoms with E-state index >= 15 is 0 Å². The number of hydrogen-bond acceptors (Lipinski definition) is 2. The van der Waals surface area contributed by atoms with Crippen molar-refractivity contribution in [3.63, 3.8) is 0 Å². The number of nitrogens with zero attached hydrogens (tertiary/aromatic N) is 2. The van der Waals surface area contributed by atoms with Crippen LogP contribution in [-0.4, -0.2) is 14.9 Å². The molecule has 0 saturated heterocycles. The molecule has 0 spiro atoms. The predicted octanol–water partition coefficient (Wildman–Crippen LogP) is 1.14. The van der Waals surface area contributed by atoms with E-state index in [2.05, 4.69) is 0 Å². The SMILES string of the molecule is Cn1ccn(CC(=O)Cc2ccccc2F)c1=O. The Morgan fingerprint density at radius 1 is 1.28 bits per heavy atom. The zero-order valence-corrected chi connectivity index (χ0v) is 9.97. The number of halogens is 1. The number of imidazole rings is 1. The molecule has 94 valence electrons. The third kappa shape index (κ3) is 2.56. The molecule has 5 heteroatoms. The predicted molar refractivity (Wildman–Crippen MR) is 64.8 cm³/mol. The van der Waals surface area contributed by atoms with Crippen LogP contribution < -0.4 is 5.69 Å². The smallest absolute Gasteiger partial charge is 0.302 e. The normalized spacial score (nSPS) is 10.6. The summed E-state index contributed by atoms with van der Waals surface area (Å²) < 4.78 is 16.0. The summed E-state index contributed by atoms with van der Waals surface area (Å²) >= 11 is 0. The van der Waals surface area contributed by atoms with Crippen molar-refractivity contribution in [2.45, 2.75) is 13.0 Å². The molecule has 1 aromatic heterocycles. The van der Waals surface area contributed by atoms with Gasteiger partial charge in [0, 0.05) is 25.9 Å². The quantitative estimate of drug-likeness (QED) is 0.814. The third-order valence-electron chi connectivity index (χ3n) is 2.71. The van der Waals surface area contributed by atoms with Crippen molar-refractivity contribution in [1.82, 2.24) is 9.13 Å². The summed E-state index contributed by atoms with van der Waals surface area (Å²) in [5.74, 6) is -0.598. The van der Waals surface area contributed by atoms with Gasteiger partial charge in [-0.2, -0.15) is 0 Å². The summed E-state index contributed by atoms with van der Waals surface area (Å²) in [7, 11) is 1.61. The highest BCUT2D eigenvalue weighted by Crippen LogP contribution is 2.07. The van der Waals surface area contributed by atoms with E-state index in [1.165, 1.54) is 15.2 Å². The van der Waals surface area contributed by atoms with Gasteiger partial charge in [-0.15, -0.1) is 0 Å². The zero-order chi connectivity index (χ0) is 13.1. The lowest BCUT2D eigenvalue weighted by molar-refractivity contribution is -0.119. The van der Waals surface area contributed by atoms with Gasteiger partial charge in [0.05, 0.1) is 6.54 Å². The Hall–Kier alpha value is -2.17. The molecule has 2 aromatic rings. The molecule has 0 saturated carbocycles. The number of carbonyl (C=O) groups is 1. The Morgan fingerprint density at radius 2 is 2.00 bits per heavy atom. The van der Waals surface area contributed by atoms with Gasteiger partial charge in [-0.25, -0.2) is 9.18 Å². The molecule has 2 rings (SSSR count). The summed E-state index contributed by atoms with van der Waals surface area (Å²) in [6.45, 7) is -0.0337. The van der Waals surface area contributed by atoms with Gasteiger partial charge in [-0.3, -0.25) is 9.36 Å². The maximum absolute atomic E-state index is 13.3. The highest BCUT2D eigenvalue weighted by Gasteiger charge is 2.10. The molecule has 4 nitrogen and oxygen atoms in total. The van der Waals surface area contributed by atoms with Crippen LogP contribution >= 0.6 is 0 Å². The third-order valence-corrected chi connectivity index (χ3v) is 2.71. The lowest BCUT2D eigenvalue weighted by atomic mass is 10.1. The molecule has 0 fully saturated rings. The molecule has 18 heavy (non-hydrogen) atoms. The number of Topliss-reactive ketones (excluding diaryl/α,β-unsaturated/α-hetero) is 1. The van der Waals surface area contributed by atoms with Crippen molar-refractivity contribution in [3.8, 4) is 0 Å². The summed E-state index contributed by atoms with van der Waals surface area (Å²) in [6.07, 6.45) is 3.12. The zero-order valence-electron chi connectivity index (χ0n) is 9.97. The van der Waals surface area contributed by atoms with Gasteiger partial charge in [0.1, 0.15) is 5.82 Å². The van der Waals surface area contributed by atoms with Gasteiger partial charge >= 0.3 is 5.69 Å². The van der Waals surface area contributed by atoms with Crippen molar-refractivity contribution < 1.29 is 9.18 Å². The molecule has 0 aliphatic rings. The fourth-order valence-corrected chi connectivity index (χ4v) is 1.73. The molecule has 0 N–H and O–H groups in total. The molecule has 0 radical (unpaired) electrons. The van der Waals surface area contributed by atoms with E-state index in [9.17, 15) is 14.0 Å².